The standard InChI is InChI=1S/C26H30FN5O2/c1-17-8-13-20(16-21(17)27)29-26(34)31-23(14-15-32(2)3)18-9-11-19(12-10-18)25(33)30-24-7-5-4-6-22(24)28/h4-13,16,23H,14-15,28H2,1-3H3,(H,30,33)(H2,29,31,34). The molecule has 3 amide bonds. The van der Waals surface area contributed by atoms with Crippen molar-refractivity contribution >= 4 is 29.0 Å². The number of carbonyl (C=O) groups is 2. The molecule has 3 aromatic carbocycles. The number of hydrogen-bond donors (Lipinski definition) is 4. The summed E-state index contributed by atoms with van der Waals surface area (Å²) in [5.41, 5.74) is 9.14. The van der Waals surface area contributed by atoms with E-state index in [1.165, 1.54) is 6.07 Å². The smallest absolute Gasteiger partial charge is 0.319 e. The molecule has 8 heteroatoms. The monoisotopic (exact) mass is 463 g/mol. The molecule has 0 aliphatic carbocycles. The molecular formula is C26H30FN5O2. The first-order chi connectivity index (χ1) is 16.2. The van der Waals surface area contributed by atoms with Gasteiger partial charge in [0.15, 0.2) is 0 Å². The van der Waals surface area contributed by atoms with Crippen LogP contribution in [-0.4, -0.2) is 37.5 Å². The summed E-state index contributed by atoms with van der Waals surface area (Å²) in [5.74, 6) is -0.658. The molecule has 0 aliphatic heterocycles. The molecule has 5 N–H and O–H groups in total. The summed E-state index contributed by atoms with van der Waals surface area (Å²) in [7, 11) is 3.91. The van der Waals surface area contributed by atoms with Gasteiger partial charge in [-0.2, -0.15) is 0 Å². The molecular weight excluding hydrogens is 433 g/mol. The molecule has 3 aromatic rings. The van der Waals surface area contributed by atoms with E-state index in [4.69, 9.17) is 5.73 Å². The molecule has 0 spiro atoms. The van der Waals surface area contributed by atoms with Crippen LogP contribution in [0.5, 0.6) is 0 Å². The Morgan fingerprint density at radius 1 is 1.00 bits per heavy atom. The fraction of sp³-hybridized carbons (Fsp3) is 0.231. The minimum Gasteiger partial charge on any atom is -0.397 e. The van der Waals surface area contributed by atoms with Gasteiger partial charge in [0.2, 0.25) is 0 Å². The average molecular weight is 464 g/mol. The lowest BCUT2D eigenvalue weighted by Gasteiger charge is -2.22. The van der Waals surface area contributed by atoms with Gasteiger partial charge in [-0.15, -0.1) is 0 Å². The summed E-state index contributed by atoms with van der Waals surface area (Å²) >= 11 is 0. The van der Waals surface area contributed by atoms with E-state index < -0.39 is 6.03 Å². The maximum absolute atomic E-state index is 13.8. The molecule has 0 aromatic heterocycles. The van der Waals surface area contributed by atoms with Crippen LogP contribution in [0.3, 0.4) is 0 Å². The number of amides is 3. The number of nitrogens with two attached hydrogens (primary N) is 1. The van der Waals surface area contributed by atoms with E-state index in [-0.39, 0.29) is 17.8 Å². The highest BCUT2D eigenvalue weighted by molar-refractivity contribution is 6.05. The highest BCUT2D eigenvalue weighted by Crippen LogP contribution is 2.21. The minimum atomic E-state index is -0.437. The Hall–Kier alpha value is -3.91. The number of rotatable bonds is 8. The van der Waals surface area contributed by atoms with Crippen LogP contribution >= 0.6 is 0 Å². The molecule has 0 radical (unpaired) electrons. The van der Waals surface area contributed by atoms with Crippen LogP contribution in [0.25, 0.3) is 0 Å². The quantitative estimate of drug-likeness (QED) is 0.361. The Morgan fingerprint density at radius 3 is 2.35 bits per heavy atom. The van der Waals surface area contributed by atoms with Crippen molar-refractivity contribution in [1.29, 1.82) is 0 Å². The number of urea groups is 1. The lowest BCUT2D eigenvalue weighted by Crippen LogP contribution is -2.34. The van der Waals surface area contributed by atoms with Crippen molar-refractivity contribution < 1.29 is 14.0 Å². The summed E-state index contributed by atoms with van der Waals surface area (Å²) in [6, 6.07) is 17.9. The molecule has 0 bridgehead atoms. The topological polar surface area (TPSA) is 99.5 Å². The lowest BCUT2D eigenvalue weighted by atomic mass is 10.0. The van der Waals surface area contributed by atoms with Crippen molar-refractivity contribution in [1.82, 2.24) is 10.2 Å². The van der Waals surface area contributed by atoms with Crippen molar-refractivity contribution in [2.75, 3.05) is 37.0 Å². The molecule has 34 heavy (non-hydrogen) atoms. The van der Waals surface area contributed by atoms with Crippen LogP contribution in [0.1, 0.15) is 33.9 Å². The zero-order valence-corrected chi connectivity index (χ0v) is 19.6. The second-order valence-electron chi connectivity index (χ2n) is 8.37. The zero-order valence-electron chi connectivity index (χ0n) is 19.6. The minimum absolute atomic E-state index is 0.276. The number of hydrogen-bond acceptors (Lipinski definition) is 4. The number of nitrogen functional groups attached to an aromatic ring is 1. The molecule has 0 fully saturated rings. The van der Waals surface area contributed by atoms with Crippen molar-refractivity contribution in [3.63, 3.8) is 0 Å². The van der Waals surface area contributed by atoms with Gasteiger partial charge in [0.25, 0.3) is 5.91 Å². The van der Waals surface area contributed by atoms with Gasteiger partial charge in [0, 0.05) is 11.3 Å². The molecule has 0 heterocycles. The fourth-order valence-electron chi connectivity index (χ4n) is 3.38. The first-order valence-electron chi connectivity index (χ1n) is 11.0. The maximum atomic E-state index is 13.8. The van der Waals surface area contributed by atoms with Crippen LogP contribution < -0.4 is 21.7 Å². The van der Waals surface area contributed by atoms with E-state index in [2.05, 4.69) is 16.0 Å². The predicted octanol–water partition coefficient (Wildman–Crippen LogP) is 4.78. The SMILES string of the molecule is Cc1ccc(NC(=O)NC(CCN(C)C)c2ccc(C(=O)Nc3ccccc3N)cc2)cc1F. The Morgan fingerprint density at radius 2 is 1.71 bits per heavy atom. The van der Waals surface area contributed by atoms with E-state index in [0.29, 0.717) is 34.6 Å². The number of nitrogens with one attached hydrogen (secondary N) is 3. The van der Waals surface area contributed by atoms with E-state index in [1.807, 2.05) is 31.1 Å². The number of nitrogens with zero attached hydrogens (tertiary/aromatic N) is 1. The van der Waals surface area contributed by atoms with E-state index >= 15 is 0 Å². The number of para-hydroxylation sites is 2. The summed E-state index contributed by atoms with van der Waals surface area (Å²) in [4.78, 5) is 27.2. The summed E-state index contributed by atoms with van der Waals surface area (Å²) < 4.78 is 13.8. The molecule has 7 nitrogen and oxygen atoms in total. The lowest BCUT2D eigenvalue weighted by molar-refractivity contribution is 0.102. The number of aryl methyl sites for hydroxylation is 1. The molecule has 0 saturated carbocycles. The summed E-state index contributed by atoms with van der Waals surface area (Å²) in [5, 5.41) is 8.43. The highest BCUT2D eigenvalue weighted by Gasteiger charge is 2.17. The van der Waals surface area contributed by atoms with Crippen molar-refractivity contribution in [3.8, 4) is 0 Å². The van der Waals surface area contributed by atoms with E-state index in [1.54, 1.807) is 55.5 Å². The Labute approximate surface area is 199 Å². The molecule has 3 rings (SSSR count). The Balaban J connectivity index is 1.70. The third-order valence-corrected chi connectivity index (χ3v) is 5.38. The number of halogens is 1. The first-order valence-corrected chi connectivity index (χ1v) is 11.0. The van der Waals surface area contributed by atoms with E-state index in [9.17, 15) is 14.0 Å². The van der Waals surface area contributed by atoms with Gasteiger partial charge in [0.1, 0.15) is 5.82 Å². The van der Waals surface area contributed by atoms with Crippen LogP contribution in [0.15, 0.2) is 66.7 Å². The molecule has 1 atom stereocenters. The second-order valence-corrected chi connectivity index (χ2v) is 8.37. The largest absolute Gasteiger partial charge is 0.397 e. The number of benzene rings is 3. The van der Waals surface area contributed by atoms with Crippen molar-refractivity contribution in [2.45, 2.75) is 19.4 Å². The highest BCUT2D eigenvalue weighted by atomic mass is 19.1. The predicted molar refractivity (Wildman–Crippen MR) is 134 cm³/mol. The Bertz CT molecular complexity index is 1150. The fourth-order valence-corrected chi connectivity index (χ4v) is 3.38. The van der Waals surface area contributed by atoms with Crippen LogP contribution in [0, 0.1) is 12.7 Å². The molecule has 1 unspecified atom stereocenters. The zero-order chi connectivity index (χ0) is 24.7. The van der Waals surface area contributed by atoms with Gasteiger partial charge in [-0.3, -0.25) is 4.79 Å². The van der Waals surface area contributed by atoms with Crippen molar-refractivity contribution in [2.24, 2.45) is 0 Å². The summed E-state index contributed by atoms with van der Waals surface area (Å²) in [6.07, 6.45) is 0.648. The molecule has 178 valence electrons. The average Bonchev–Trinajstić information content (AvgIpc) is 2.80. The maximum Gasteiger partial charge on any atom is 0.319 e. The third-order valence-electron chi connectivity index (χ3n) is 5.38. The van der Waals surface area contributed by atoms with Crippen LogP contribution in [-0.2, 0) is 0 Å². The van der Waals surface area contributed by atoms with Gasteiger partial charge in [-0.25, -0.2) is 9.18 Å². The number of carbonyl (C=O) groups excluding carboxylic acids is 2. The second kappa shape index (κ2) is 11.3. The van der Waals surface area contributed by atoms with Gasteiger partial charge in [0.05, 0.1) is 17.4 Å². The summed E-state index contributed by atoms with van der Waals surface area (Å²) in [6.45, 7) is 2.40. The van der Waals surface area contributed by atoms with Gasteiger partial charge >= 0.3 is 6.03 Å². The molecule has 0 saturated heterocycles. The normalized spacial score (nSPS) is 11.7. The van der Waals surface area contributed by atoms with Crippen molar-refractivity contribution in [3.05, 3.63) is 89.2 Å². The van der Waals surface area contributed by atoms with Gasteiger partial charge in [-0.05, 0) is 81.5 Å². The van der Waals surface area contributed by atoms with Gasteiger partial charge < -0.3 is 26.6 Å². The van der Waals surface area contributed by atoms with Gasteiger partial charge in [-0.1, -0.05) is 30.3 Å². The number of anilines is 3. The van der Waals surface area contributed by atoms with Crippen LogP contribution in [0.2, 0.25) is 0 Å². The van der Waals surface area contributed by atoms with E-state index in [0.717, 1.165) is 12.1 Å². The van der Waals surface area contributed by atoms with Crippen LogP contribution in [0.4, 0.5) is 26.2 Å². The first kappa shape index (κ1) is 24.7. The molecule has 0 aliphatic rings. The third kappa shape index (κ3) is 6.79. The Kier molecular flexibility index (Phi) is 8.21.